The van der Waals surface area contributed by atoms with Crippen molar-refractivity contribution in [1.29, 1.82) is 0 Å². The van der Waals surface area contributed by atoms with E-state index in [1.165, 1.54) is 16.7 Å². The van der Waals surface area contributed by atoms with Crippen molar-refractivity contribution in [3.05, 3.63) is 229 Å². The monoisotopic (exact) mass is 702 g/mol. The second-order valence-electron chi connectivity index (χ2n) is 11.1. The summed E-state index contributed by atoms with van der Waals surface area (Å²) in [6.45, 7) is 11.2. The molecular weight excluding hydrogens is 673 g/mol. The molecule has 2 aromatic heterocycles. The summed E-state index contributed by atoms with van der Waals surface area (Å²) in [6.07, 6.45) is 0.766. The zero-order valence-electron chi connectivity index (χ0n) is 30.2. The van der Waals surface area contributed by atoms with E-state index in [-0.39, 0.29) is 5.91 Å². The maximum absolute atomic E-state index is 13.4. The minimum absolute atomic E-state index is 0.133. The lowest BCUT2D eigenvalue weighted by atomic mass is 10.0. The lowest BCUT2D eigenvalue weighted by Gasteiger charge is -2.10. The molecule has 0 aliphatic heterocycles. The molecule has 5 heteroatoms. The number of hydrogen-bond donors (Lipinski definition) is 2. The van der Waals surface area contributed by atoms with Crippen LogP contribution in [0, 0.1) is 13.8 Å². The lowest BCUT2D eigenvalue weighted by Crippen LogP contribution is -2.26. The predicted molar refractivity (Wildman–Crippen MR) is 215 cm³/mol. The summed E-state index contributed by atoms with van der Waals surface area (Å²) in [5.74, 6) is -0.133. The highest BCUT2D eigenvalue weighted by Crippen LogP contribution is 2.31. The second-order valence-corrected chi connectivity index (χ2v) is 11.1. The summed E-state index contributed by atoms with van der Waals surface area (Å²) in [5.41, 5.74) is 55.0. The van der Waals surface area contributed by atoms with Crippen LogP contribution in [0.1, 0.15) is 27.0 Å². The van der Waals surface area contributed by atoms with Gasteiger partial charge in [-0.15, -0.1) is 0 Å². The van der Waals surface area contributed by atoms with Gasteiger partial charge in [0.1, 0.15) is 0 Å². The molecule has 0 bridgehead atoms. The number of amides is 1. The van der Waals surface area contributed by atoms with Crippen molar-refractivity contribution in [2.45, 2.75) is 20.3 Å². The number of aromatic amines is 1. The highest BCUT2D eigenvalue weighted by molar-refractivity contribution is 6.11. The minimum atomic E-state index is -0.133. The highest BCUT2D eigenvalue weighted by Gasteiger charge is 2.20. The van der Waals surface area contributed by atoms with Crippen LogP contribution in [0.25, 0.3) is 33.5 Å². The SMILES string of the molecule is C=C=C=C=C=C=C=C=C=C=C=C=C=C=C=C=C=C=C=C=C.Cc1ccc(-c2cc(C(=O)NCCc3ccccc3)c3c(-c4ccc(C)cc4)[nH]nc3n2)cc1. The summed E-state index contributed by atoms with van der Waals surface area (Å²) in [7, 11) is 0. The van der Waals surface area contributed by atoms with E-state index in [2.05, 4.69) is 169 Å². The Labute approximate surface area is 319 Å². The Morgan fingerprint density at radius 3 is 1.55 bits per heavy atom. The van der Waals surface area contributed by atoms with Crippen molar-refractivity contribution in [1.82, 2.24) is 20.5 Å². The van der Waals surface area contributed by atoms with Crippen molar-refractivity contribution in [2.75, 3.05) is 6.54 Å². The number of carbonyl (C=O) groups excluding carboxylic acids is 1. The van der Waals surface area contributed by atoms with Crippen LogP contribution in [0.3, 0.4) is 0 Å². The van der Waals surface area contributed by atoms with Crippen LogP contribution < -0.4 is 5.32 Å². The molecule has 55 heavy (non-hydrogen) atoms. The first-order valence-electron chi connectivity index (χ1n) is 16.6. The van der Waals surface area contributed by atoms with Crippen LogP contribution in [-0.4, -0.2) is 27.6 Å². The molecule has 2 N–H and O–H groups in total. The lowest BCUT2D eigenvalue weighted by molar-refractivity contribution is 0.0955. The van der Waals surface area contributed by atoms with Crippen LogP contribution in [0.4, 0.5) is 0 Å². The maximum Gasteiger partial charge on any atom is 0.252 e. The molecule has 0 saturated heterocycles. The van der Waals surface area contributed by atoms with Crippen molar-refractivity contribution in [2.24, 2.45) is 0 Å². The summed E-state index contributed by atoms with van der Waals surface area (Å²) in [6, 6.07) is 28.3. The topological polar surface area (TPSA) is 70.7 Å². The van der Waals surface area contributed by atoms with E-state index in [4.69, 9.17) is 4.98 Å². The van der Waals surface area contributed by atoms with Gasteiger partial charge >= 0.3 is 0 Å². The Balaban J connectivity index is 0.000000278. The molecule has 0 spiro atoms. The van der Waals surface area contributed by atoms with Gasteiger partial charge in [0.25, 0.3) is 5.91 Å². The molecule has 5 nitrogen and oxygen atoms in total. The third kappa shape index (κ3) is 13.2. The molecule has 256 valence electrons. The molecule has 1 amide bonds. The number of fused-ring (bicyclic) bond motifs is 1. The van der Waals surface area contributed by atoms with Gasteiger partial charge in [-0.1, -0.05) is 101 Å². The minimum Gasteiger partial charge on any atom is -0.352 e. The fourth-order valence-corrected chi connectivity index (χ4v) is 4.62. The largest absolute Gasteiger partial charge is 0.352 e. The van der Waals surface area contributed by atoms with E-state index in [1.54, 1.807) is 0 Å². The molecule has 0 aliphatic carbocycles. The summed E-state index contributed by atoms with van der Waals surface area (Å²) >= 11 is 0. The molecule has 3 aromatic carbocycles. The normalized spacial score (nSPS) is 8.25. The van der Waals surface area contributed by atoms with Gasteiger partial charge in [0.2, 0.25) is 0 Å². The van der Waals surface area contributed by atoms with Gasteiger partial charge in [0, 0.05) is 23.4 Å². The number of carbonyl (C=O) groups is 1. The molecule has 0 saturated carbocycles. The molecule has 2 heterocycles. The average Bonchev–Trinajstić information content (AvgIpc) is 3.64. The van der Waals surface area contributed by atoms with Crippen LogP contribution in [0.2, 0.25) is 0 Å². The molecule has 0 unspecified atom stereocenters. The predicted octanol–water partition coefficient (Wildman–Crippen LogP) is 9.63. The fraction of sp³-hybridized carbons (Fsp3) is 0.0800. The Morgan fingerprint density at radius 2 is 1.07 bits per heavy atom. The van der Waals surface area contributed by atoms with Crippen LogP contribution in [0.15, 0.2) is 207 Å². The molecule has 0 atom stereocenters. The molecule has 5 aromatic rings. The van der Waals surface area contributed by atoms with Gasteiger partial charge < -0.3 is 5.32 Å². The van der Waals surface area contributed by atoms with Crippen LogP contribution >= 0.6 is 0 Å². The zero-order valence-corrected chi connectivity index (χ0v) is 30.2. The van der Waals surface area contributed by atoms with E-state index in [0.29, 0.717) is 17.8 Å². The van der Waals surface area contributed by atoms with Crippen molar-refractivity contribution in [3.8, 4) is 22.5 Å². The number of nitrogens with one attached hydrogen (secondary N) is 2. The van der Waals surface area contributed by atoms with Crippen molar-refractivity contribution in [3.63, 3.8) is 0 Å². The number of aromatic nitrogens is 3. The Bertz CT molecular complexity index is 2880. The van der Waals surface area contributed by atoms with Gasteiger partial charge in [-0.05, 0) is 137 Å². The van der Waals surface area contributed by atoms with E-state index in [9.17, 15) is 4.79 Å². The zero-order chi connectivity index (χ0) is 38.9. The Kier molecular flexibility index (Phi) is 15.8. The number of pyridine rings is 1. The molecule has 0 aliphatic rings. The van der Waals surface area contributed by atoms with Crippen molar-refractivity contribution < 1.29 is 4.79 Å². The number of aryl methyl sites for hydroxylation is 2. The third-order valence-electron chi connectivity index (χ3n) is 7.17. The summed E-state index contributed by atoms with van der Waals surface area (Å²) in [5, 5.41) is 11.4. The first-order chi connectivity index (χ1) is 27.0. The van der Waals surface area contributed by atoms with Gasteiger partial charge in [0.15, 0.2) is 5.65 Å². The number of hydrogen-bond acceptors (Lipinski definition) is 3. The Morgan fingerprint density at radius 1 is 0.618 bits per heavy atom. The van der Waals surface area contributed by atoms with E-state index in [0.717, 1.165) is 34.3 Å². The number of H-pyrrole nitrogens is 1. The summed E-state index contributed by atoms with van der Waals surface area (Å²) < 4.78 is 0. The first-order valence-corrected chi connectivity index (χ1v) is 16.6. The highest BCUT2D eigenvalue weighted by atomic mass is 16.1. The molecule has 0 radical (unpaired) electrons. The van der Waals surface area contributed by atoms with Crippen molar-refractivity contribution >= 4 is 16.9 Å². The quantitative estimate of drug-likeness (QED) is 0.173. The molecule has 0 fully saturated rings. The molecular formula is C50H30N4O. The Hall–Kier alpha value is -8.69. The van der Waals surface area contributed by atoms with E-state index < -0.39 is 0 Å². The number of rotatable bonds is 6. The van der Waals surface area contributed by atoms with Gasteiger partial charge in [-0.25, -0.2) is 4.98 Å². The maximum atomic E-state index is 13.4. The smallest absolute Gasteiger partial charge is 0.252 e. The number of nitrogens with zero attached hydrogens (tertiary/aromatic N) is 2. The standard InChI is InChI=1S/C29H26N4O.C21H4/c1-19-8-12-22(13-9-19)25-18-24(29(34)30-17-16-21-6-4-3-5-7-21)26-27(32-33-28(26)31-25)23-14-10-20(2)11-15-23;1-3-5-7-9-11-13-15-17-19-21-20-18-16-14-12-10-8-6-4-2/h3-15,18H,16-17H2,1-2H3,(H,30,34)(H,31,32,33);1-2H2. The van der Waals surface area contributed by atoms with Gasteiger partial charge in [-0.3, -0.25) is 9.89 Å². The third-order valence-corrected chi connectivity index (χ3v) is 7.17. The number of benzene rings is 3. The average molecular weight is 703 g/mol. The molecule has 5 rings (SSSR count). The van der Waals surface area contributed by atoms with Gasteiger partial charge in [-0.2, -0.15) is 5.10 Å². The van der Waals surface area contributed by atoms with E-state index in [1.807, 2.05) is 67.6 Å². The first kappa shape index (κ1) is 39.1. The van der Waals surface area contributed by atoms with Crippen LogP contribution in [0.5, 0.6) is 0 Å². The fourth-order valence-electron chi connectivity index (χ4n) is 4.62. The van der Waals surface area contributed by atoms with Gasteiger partial charge in [0.05, 0.1) is 22.3 Å². The van der Waals surface area contributed by atoms with E-state index >= 15 is 0 Å². The summed E-state index contributed by atoms with van der Waals surface area (Å²) in [4.78, 5) is 18.2. The van der Waals surface area contributed by atoms with Crippen LogP contribution in [-0.2, 0) is 6.42 Å². The second kappa shape index (κ2) is 22.2.